The molecule has 0 fully saturated rings. The maximum atomic E-state index is 13.2. The van der Waals surface area contributed by atoms with E-state index in [1.165, 1.54) is 12.1 Å². The van der Waals surface area contributed by atoms with Crippen molar-refractivity contribution in [1.82, 2.24) is 19.6 Å². The van der Waals surface area contributed by atoms with Gasteiger partial charge in [-0.15, -0.1) is 5.10 Å². The van der Waals surface area contributed by atoms with Crippen LogP contribution in [0.4, 0.5) is 23.4 Å². The number of alkyl halides is 3. The molecule has 138 valence electrons. The van der Waals surface area contributed by atoms with Gasteiger partial charge in [0.25, 0.3) is 11.6 Å². The second-order valence-corrected chi connectivity index (χ2v) is 6.35. The lowest BCUT2D eigenvalue weighted by molar-refractivity contribution is -0.144. The maximum absolute atomic E-state index is 13.2. The average molecular weight is 367 g/mol. The summed E-state index contributed by atoms with van der Waals surface area (Å²) < 4.78 is 53.0. The Bertz CT molecular complexity index is 915. The third-order valence-electron chi connectivity index (χ3n) is 3.89. The molecule has 0 radical (unpaired) electrons. The van der Waals surface area contributed by atoms with E-state index in [1.54, 1.807) is 25.1 Å². The normalized spacial score (nSPS) is 13.4. The highest BCUT2D eigenvalue weighted by Gasteiger charge is 2.37. The third kappa shape index (κ3) is 3.61. The number of aryl methyl sites for hydroxylation is 1. The standard InChI is InChI=1S/C17H17F4N5/c1-9(2)14(11-4-6-12(18)7-5-11)23-13-8-10(3)22-16-24-15(17(19,20)21)25-26(13)16/h4-9,14,23H,1-3H3/t14-/m1/s1. The highest BCUT2D eigenvalue weighted by Crippen LogP contribution is 2.29. The predicted molar refractivity (Wildman–Crippen MR) is 88.1 cm³/mol. The molecule has 1 aromatic carbocycles. The van der Waals surface area contributed by atoms with Gasteiger partial charge >= 0.3 is 6.18 Å². The topological polar surface area (TPSA) is 55.1 Å². The maximum Gasteiger partial charge on any atom is 0.453 e. The Balaban J connectivity index is 2.05. The highest BCUT2D eigenvalue weighted by atomic mass is 19.4. The minimum atomic E-state index is -4.66. The minimum Gasteiger partial charge on any atom is -0.363 e. The van der Waals surface area contributed by atoms with Crippen LogP contribution in [0.3, 0.4) is 0 Å². The summed E-state index contributed by atoms with van der Waals surface area (Å²) in [6, 6.07) is 7.30. The van der Waals surface area contributed by atoms with Crippen molar-refractivity contribution < 1.29 is 17.6 Å². The second kappa shape index (κ2) is 6.54. The molecule has 2 aromatic heterocycles. The minimum absolute atomic E-state index is 0.0783. The van der Waals surface area contributed by atoms with Crippen LogP contribution in [0, 0.1) is 18.7 Å². The molecule has 1 atom stereocenters. The molecule has 0 amide bonds. The number of halogens is 4. The van der Waals surface area contributed by atoms with E-state index in [0.29, 0.717) is 11.5 Å². The fourth-order valence-corrected chi connectivity index (χ4v) is 2.67. The zero-order chi connectivity index (χ0) is 19.1. The van der Waals surface area contributed by atoms with Gasteiger partial charge in [0.2, 0.25) is 0 Å². The van der Waals surface area contributed by atoms with Crippen LogP contribution in [0.25, 0.3) is 5.78 Å². The SMILES string of the molecule is Cc1cc(N[C@@H](c2ccc(F)cc2)C(C)C)n2nc(C(F)(F)F)nc2n1. The van der Waals surface area contributed by atoms with Crippen molar-refractivity contribution >= 4 is 11.6 Å². The smallest absolute Gasteiger partial charge is 0.363 e. The Morgan fingerprint density at radius 2 is 1.73 bits per heavy atom. The van der Waals surface area contributed by atoms with Gasteiger partial charge in [-0.05, 0) is 30.5 Å². The number of hydrogen-bond acceptors (Lipinski definition) is 4. The molecule has 3 rings (SSSR count). The molecule has 0 bridgehead atoms. The first-order chi connectivity index (χ1) is 12.1. The number of hydrogen-bond donors (Lipinski definition) is 1. The van der Waals surface area contributed by atoms with Gasteiger partial charge in [0.05, 0.1) is 6.04 Å². The summed E-state index contributed by atoms with van der Waals surface area (Å²) in [4.78, 5) is 7.47. The summed E-state index contributed by atoms with van der Waals surface area (Å²) in [5.74, 6) is -1.33. The summed E-state index contributed by atoms with van der Waals surface area (Å²) in [6.07, 6.45) is -4.66. The van der Waals surface area contributed by atoms with Crippen LogP contribution in [0.2, 0.25) is 0 Å². The van der Waals surface area contributed by atoms with Crippen molar-refractivity contribution in [2.45, 2.75) is 33.0 Å². The first kappa shape index (κ1) is 18.1. The van der Waals surface area contributed by atoms with Gasteiger partial charge in [-0.3, -0.25) is 0 Å². The molecule has 0 saturated heterocycles. The van der Waals surface area contributed by atoms with Crippen molar-refractivity contribution in [3.8, 4) is 0 Å². The lowest BCUT2D eigenvalue weighted by atomic mass is 9.96. The zero-order valence-corrected chi connectivity index (χ0v) is 14.3. The Morgan fingerprint density at radius 1 is 1.08 bits per heavy atom. The summed E-state index contributed by atoms with van der Waals surface area (Å²) in [7, 11) is 0. The second-order valence-electron chi connectivity index (χ2n) is 6.35. The molecule has 0 aliphatic heterocycles. The van der Waals surface area contributed by atoms with Gasteiger partial charge in [-0.2, -0.15) is 22.7 Å². The molecule has 9 heteroatoms. The molecule has 0 aliphatic carbocycles. The summed E-state index contributed by atoms with van der Waals surface area (Å²) in [5.41, 5.74) is 1.31. The zero-order valence-electron chi connectivity index (χ0n) is 14.3. The molecule has 0 unspecified atom stereocenters. The Morgan fingerprint density at radius 3 is 2.31 bits per heavy atom. The molecule has 0 spiro atoms. The number of anilines is 1. The van der Waals surface area contributed by atoms with Crippen LogP contribution in [-0.4, -0.2) is 19.6 Å². The van der Waals surface area contributed by atoms with Gasteiger partial charge in [-0.1, -0.05) is 26.0 Å². The molecular formula is C17H17F4N5. The van der Waals surface area contributed by atoms with Crippen LogP contribution in [0.5, 0.6) is 0 Å². The largest absolute Gasteiger partial charge is 0.453 e. The van der Waals surface area contributed by atoms with E-state index < -0.39 is 12.0 Å². The number of nitrogens with zero attached hydrogens (tertiary/aromatic N) is 4. The predicted octanol–water partition coefficient (Wildman–Crippen LogP) is 4.40. The molecular weight excluding hydrogens is 350 g/mol. The van der Waals surface area contributed by atoms with Crippen molar-refractivity contribution in [2.24, 2.45) is 5.92 Å². The van der Waals surface area contributed by atoms with Crippen molar-refractivity contribution in [3.63, 3.8) is 0 Å². The third-order valence-corrected chi connectivity index (χ3v) is 3.89. The van der Waals surface area contributed by atoms with E-state index >= 15 is 0 Å². The molecule has 5 nitrogen and oxygen atoms in total. The lowest BCUT2D eigenvalue weighted by Gasteiger charge is -2.24. The monoisotopic (exact) mass is 367 g/mol. The van der Waals surface area contributed by atoms with Gasteiger partial charge in [0.15, 0.2) is 0 Å². The van der Waals surface area contributed by atoms with Crippen molar-refractivity contribution in [2.75, 3.05) is 5.32 Å². The number of benzene rings is 1. The molecule has 0 saturated carbocycles. The molecule has 2 heterocycles. The Labute approximate surface area is 147 Å². The van der Waals surface area contributed by atoms with Gasteiger partial charge in [0.1, 0.15) is 11.6 Å². The Hall–Kier alpha value is -2.71. The van der Waals surface area contributed by atoms with Crippen LogP contribution >= 0.6 is 0 Å². The van der Waals surface area contributed by atoms with E-state index in [1.807, 2.05) is 13.8 Å². The molecule has 0 aliphatic rings. The summed E-state index contributed by atoms with van der Waals surface area (Å²) in [6.45, 7) is 5.57. The van der Waals surface area contributed by atoms with Crippen LogP contribution in [0.15, 0.2) is 30.3 Å². The molecule has 1 N–H and O–H groups in total. The fraction of sp³-hybridized carbons (Fsp3) is 0.353. The van der Waals surface area contributed by atoms with Gasteiger partial charge < -0.3 is 5.32 Å². The summed E-state index contributed by atoms with van der Waals surface area (Å²) in [5, 5.41) is 6.73. The van der Waals surface area contributed by atoms with Crippen LogP contribution in [-0.2, 0) is 6.18 Å². The number of fused-ring (bicyclic) bond motifs is 1. The van der Waals surface area contributed by atoms with Crippen molar-refractivity contribution in [3.05, 3.63) is 53.2 Å². The van der Waals surface area contributed by atoms with Crippen LogP contribution in [0.1, 0.15) is 37.0 Å². The molecule has 3 aromatic rings. The first-order valence-corrected chi connectivity index (χ1v) is 7.99. The van der Waals surface area contributed by atoms with E-state index in [-0.39, 0.29) is 23.6 Å². The van der Waals surface area contributed by atoms with Gasteiger partial charge in [0, 0.05) is 11.8 Å². The lowest BCUT2D eigenvalue weighted by Crippen LogP contribution is -2.19. The summed E-state index contributed by atoms with van der Waals surface area (Å²) >= 11 is 0. The van der Waals surface area contributed by atoms with Gasteiger partial charge in [-0.25, -0.2) is 9.37 Å². The number of rotatable bonds is 4. The average Bonchev–Trinajstić information content (AvgIpc) is 2.97. The van der Waals surface area contributed by atoms with E-state index in [0.717, 1.165) is 10.1 Å². The quantitative estimate of drug-likeness (QED) is 0.695. The number of nitrogens with one attached hydrogen (secondary N) is 1. The Kier molecular flexibility index (Phi) is 4.55. The first-order valence-electron chi connectivity index (χ1n) is 7.99. The van der Waals surface area contributed by atoms with Crippen LogP contribution < -0.4 is 5.32 Å². The van der Waals surface area contributed by atoms with Crippen molar-refractivity contribution in [1.29, 1.82) is 0 Å². The fourth-order valence-electron chi connectivity index (χ4n) is 2.67. The van der Waals surface area contributed by atoms with E-state index in [4.69, 9.17) is 0 Å². The van der Waals surface area contributed by atoms with E-state index in [2.05, 4.69) is 20.4 Å². The van der Waals surface area contributed by atoms with E-state index in [9.17, 15) is 17.6 Å². The number of aromatic nitrogens is 4. The molecule has 26 heavy (non-hydrogen) atoms. The highest BCUT2D eigenvalue weighted by molar-refractivity contribution is 5.47.